The SMILES string of the molecule is COC(=O)c1ccc(S(=O)(=O)N(C)CC(C)C(=O)O)c(Br)c1. The third-order valence-corrected chi connectivity index (χ3v) is 5.79. The summed E-state index contributed by atoms with van der Waals surface area (Å²) in [5.41, 5.74) is 0.204. The van der Waals surface area contributed by atoms with E-state index in [2.05, 4.69) is 20.7 Å². The molecule has 9 heteroatoms. The predicted octanol–water partition coefficient (Wildman–Crippen LogP) is 1.58. The number of esters is 1. The smallest absolute Gasteiger partial charge is 0.337 e. The highest BCUT2D eigenvalue weighted by atomic mass is 79.9. The van der Waals surface area contributed by atoms with Gasteiger partial charge >= 0.3 is 11.9 Å². The van der Waals surface area contributed by atoms with Gasteiger partial charge in [0.1, 0.15) is 0 Å². The number of carbonyl (C=O) groups is 2. The van der Waals surface area contributed by atoms with Crippen molar-refractivity contribution < 1.29 is 27.9 Å². The van der Waals surface area contributed by atoms with E-state index in [4.69, 9.17) is 5.11 Å². The first-order valence-electron chi connectivity index (χ1n) is 6.18. The number of nitrogens with zero attached hydrogens (tertiary/aromatic N) is 1. The lowest BCUT2D eigenvalue weighted by Crippen LogP contribution is -2.33. The number of methoxy groups -OCH3 is 1. The molecule has 0 amide bonds. The lowest BCUT2D eigenvalue weighted by molar-refractivity contribution is -0.141. The molecule has 22 heavy (non-hydrogen) atoms. The van der Waals surface area contributed by atoms with Crippen molar-refractivity contribution in [3.63, 3.8) is 0 Å². The lowest BCUT2D eigenvalue weighted by Gasteiger charge is -2.20. The van der Waals surface area contributed by atoms with Crippen molar-refractivity contribution in [2.45, 2.75) is 11.8 Å². The van der Waals surface area contributed by atoms with E-state index in [1.165, 1.54) is 39.3 Å². The minimum absolute atomic E-state index is 0.0553. The normalized spacial score (nSPS) is 13.0. The van der Waals surface area contributed by atoms with Crippen LogP contribution in [0.25, 0.3) is 0 Å². The molecule has 0 heterocycles. The number of hydrogen-bond donors (Lipinski definition) is 1. The molecule has 0 aliphatic carbocycles. The van der Waals surface area contributed by atoms with Crippen molar-refractivity contribution in [2.24, 2.45) is 5.92 Å². The number of rotatable bonds is 6. The molecule has 0 aliphatic heterocycles. The number of carboxylic acid groups (broad SMARTS) is 1. The van der Waals surface area contributed by atoms with Gasteiger partial charge in [-0.3, -0.25) is 4.79 Å². The van der Waals surface area contributed by atoms with E-state index in [1.807, 2.05) is 0 Å². The third-order valence-electron chi connectivity index (χ3n) is 2.99. The zero-order chi connectivity index (χ0) is 17.1. The van der Waals surface area contributed by atoms with Crippen molar-refractivity contribution >= 4 is 37.9 Å². The zero-order valence-corrected chi connectivity index (χ0v) is 14.6. The van der Waals surface area contributed by atoms with E-state index < -0.39 is 27.9 Å². The number of carbonyl (C=O) groups excluding carboxylic acids is 1. The molecule has 1 N–H and O–H groups in total. The number of sulfonamides is 1. The summed E-state index contributed by atoms with van der Waals surface area (Å²) in [4.78, 5) is 22.2. The fourth-order valence-electron chi connectivity index (χ4n) is 1.68. The highest BCUT2D eigenvalue weighted by molar-refractivity contribution is 9.10. The van der Waals surface area contributed by atoms with Gasteiger partial charge in [0.15, 0.2) is 0 Å². The zero-order valence-electron chi connectivity index (χ0n) is 12.2. The quantitative estimate of drug-likeness (QED) is 0.736. The molecule has 0 fully saturated rings. The Morgan fingerprint density at radius 1 is 1.41 bits per heavy atom. The van der Waals surface area contributed by atoms with Crippen LogP contribution in [0, 0.1) is 5.92 Å². The third kappa shape index (κ3) is 4.05. The molecule has 122 valence electrons. The molecule has 0 saturated heterocycles. The first-order chi connectivity index (χ1) is 10.1. The number of ether oxygens (including phenoxy) is 1. The molecule has 0 radical (unpaired) electrons. The summed E-state index contributed by atoms with van der Waals surface area (Å²) >= 11 is 3.11. The molecule has 1 atom stereocenters. The van der Waals surface area contributed by atoms with Crippen LogP contribution in [0.3, 0.4) is 0 Å². The van der Waals surface area contributed by atoms with Gasteiger partial charge in [0.2, 0.25) is 10.0 Å². The summed E-state index contributed by atoms with van der Waals surface area (Å²) in [6.07, 6.45) is 0. The van der Waals surface area contributed by atoms with E-state index in [-0.39, 0.29) is 21.5 Å². The Bertz CT molecular complexity index is 688. The van der Waals surface area contributed by atoms with E-state index in [0.717, 1.165) is 4.31 Å². The molecular weight excluding hydrogens is 378 g/mol. The summed E-state index contributed by atoms with van der Waals surface area (Å²) in [6, 6.07) is 3.94. The number of halogens is 1. The van der Waals surface area contributed by atoms with Crippen molar-refractivity contribution in [3.8, 4) is 0 Å². The van der Waals surface area contributed by atoms with Crippen LogP contribution in [0.2, 0.25) is 0 Å². The van der Waals surface area contributed by atoms with Crippen LogP contribution in [0.5, 0.6) is 0 Å². The Balaban J connectivity index is 3.13. The molecule has 0 saturated carbocycles. The number of carboxylic acids is 1. The highest BCUT2D eigenvalue weighted by Crippen LogP contribution is 2.26. The number of aliphatic carboxylic acids is 1. The monoisotopic (exact) mass is 393 g/mol. The van der Waals surface area contributed by atoms with Gasteiger partial charge in [-0.1, -0.05) is 6.92 Å². The minimum Gasteiger partial charge on any atom is -0.481 e. The Hall–Kier alpha value is -1.45. The van der Waals surface area contributed by atoms with Crippen LogP contribution < -0.4 is 0 Å². The van der Waals surface area contributed by atoms with Gasteiger partial charge in [0.05, 0.1) is 23.5 Å². The largest absolute Gasteiger partial charge is 0.481 e. The molecule has 1 aromatic carbocycles. The maximum Gasteiger partial charge on any atom is 0.337 e. The van der Waals surface area contributed by atoms with Crippen LogP contribution in [-0.2, 0) is 19.6 Å². The molecular formula is C13H16BrNO6S. The Kier molecular flexibility index (Phi) is 6.09. The first kappa shape index (κ1) is 18.6. The average molecular weight is 394 g/mol. The molecule has 0 aromatic heterocycles. The average Bonchev–Trinajstić information content (AvgIpc) is 2.45. The Morgan fingerprint density at radius 3 is 2.45 bits per heavy atom. The van der Waals surface area contributed by atoms with Gasteiger partial charge in [0.25, 0.3) is 0 Å². The molecule has 1 unspecified atom stereocenters. The topological polar surface area (TPSA) is 101 Å². The van der Waals surface area contributed by atoms with Gasteiger partial charge < -0.3 is 9.84 Å². The van der Waals surface area contributed by atoms with Crippen LogP contribution in [0.1, 0.15) is 17.3 Å². The fourth-order valence-corrected chi connectivity index (χ4v) is 3.98. The van der Waals surface area contributed by atoms with Gasteiger partial charge in [-0.05, 0) is 34.1 Å². The van der Waals surface area contributed by atoms with Crippen molar-refractivity contribution in [1.82, 2.24) is 4.31 Å². The summed E-state index contributed by atoms with van der Waals surface area (Å²) in [5.74, 6) is -2.51. The maximum absolute atomic E-state index is 12.4. The van der Waals surface area contributed by atoms with Crippen LogP contribution in [0.15, 0.2) is 27.6 Å². The molecule has 0 bridgehead atoms. The highest BCUT2D eigenvalue weighted by Gasteiger charge is 2.27. The Morgan fingerprint density at radius 2 is 2.00 bits per heavy atom. The summed E-state index contributed by atoms with van der Waals surface area (Å²) in [7, 11) is -1.35. The van der Waals surface area contributed by atoms with Gasteiger partial charge in [0, 0.05) is 18.1 Å². The second-order valence-electron chi connectivity index (χ2n) is 4.66. The van der Waals surface area contributed by atoms with E-state index in [0.29, 0.717) is 0 Å². The van der Waals surface area contributed by atoms with Gasteiger partial charge in [-0.2, -0.15) is 0 Å². The maximum atomic E-state index is 12.4. The standard InChI is InChI=1S/C13H16BrNO6S/c1-8(12(16)17)7-15(2)22(19,20)11-5-4-9(6-10(11)14)13(18)21-3/h4-6,8H,7H2,1-3H3,(H,16,17). The minimum atomic E-state index is -3.88. The van der Waals surface area contributed by atoms with Gasteiger partial charge in [-0.25, -0.2) is 17.5 Å². The first-order valence-corrected chi connectivity index (χ1v) is 8.41. The van der Waals surface area contributed by atoms with Crippen molar-refractivity contribution in [2.75, 3.05) is 20.7 Å². The van der Waals surface area contributed by atoms with E-state index in [1.54, 1.807) is 0 Å². The van der Waals surface area contributed by atoms with Crippen LogP contribution in [-0.4, -0.2) is 50.5 Å². The van der Waals surface area contributed by atoms with Crippen molar-refractivity contribution in [1.29, 1.82) is 0 Å². The summed E-state index contributed by atoms with van der Waals surface area (Å²) in [5, 5.41) is 8.86. The van der Waals surface area contributed by atoms with Crippen LogP contribution >= 0.6 is 15.9 Å². The summed E-state index contributed by atoms with van der Waals surface area (Å²) < 4.78 is 30.6. The van der Waals surface area contributed by atoms with Crippen molar-refractivity contribution in [3.05, 3.63) is 28.2 Å². The van der Waals surface area contributed by atoms with E-state index in [9.17, 15) is 18.0 Å². The van der Waals surface area contributed by atoms with Crippen LogP contribution in [0.4, 0.5) is 0 Å². The van der Waals surface area contributed by atoms with Gasteiger partial charge in [-0.15, -0.1) is 0 Å². The molecule has 7 nitrogen and oxygen atoms in total. The van der Waals surface area contributed by atoms with E-state index >= 15 is 0 Å². The molecule has 0 aliphatic rings. The second kappa shape index (κ2) is 7.21. The Labute approximate surface area is 137 Å². The number of benzene rings is 1. The molecule has 1 rings (SSSR count). The lowest BCUT2D eigenvalue weighted by atomic mass is 10.2. The second-order valence-corrected chi connectivity index (χ2v) is 7.53. The molecule has 1 aromatic rings. The molecule has 0 spiro atoms. The fraction of sp³-hybridized carbons (Fsp3) is 0.385. The number of hydrogen-bond acceptors (Lipinski definition) is 5. The summed E-state index contributed by atoms with van der Waals surface area (Å²) in [6.45, 7) is 1.26. The predicted molar refractivity (Wildman–Crippen MR) is 82.1 cm³/mol.